The first-order chi connectivity index (χ1) is 13.3. The SMILES string of the molecule is Cc1c(NC(=O)NC2CCN(C3CCCC3)CC2)cccc1OCC(F)(F)F. The molecule has 0 bridgehead atoms. The third-order valence-electron chi connectivity index (χ3n) is 5.63. The van der Waals surface area contributed by atoms with Crippen molar-refractivity contribution in [1.82, 2.24) is 10.2 Å². The number of likely N-dealkylation sites (tertiary alicyclic amines) is 1. The van der Waals surface area contributed by atoms with Crippen molar-refractivity contribution in [3.8, 4) is 5.75 Å². The van der Waals surface area contributed by atoms with Crippen LogP contribution in [0.4, 0.5) is 23.7 Å². The zero-order chi connectivity index (χ0) is 20.1. The highest BCUT2D eigenvalue weighted by Crippen LogP contribution is 2.28. The van der Waals surface area contributed by atoms with Crippen LogP contribution in [-0.4, -0.2) is 48.9 Å². The molecule has 1 heterocycles. The molecule has 0 spiro atoms. The van der Waals surface area contributed by atoms with E-state index in [1.165, 1.54) is 31.7 Å². The Labute approximate surface area is 163 Å². The molecular weight excluding hydrogens is 371 g/mol. The number of nitrogens with one attached hydrogen (secondary N) is 2. The maximum Gasteiger partial charge on any atom is 0.422 e. The van der Waals surface area contributed by atoms with Crippen molar-refractivity contribution in [3.05, 3.63) is 23.8 Å². The standard InChI is InChI=1S/C20H28F3N3O2/c1-14-17(7-4-8-18(14)28-13-20(21,22)23)25-19(27)24-15-9-11-26(12-10-15)16-5-2-3-6-16/h4,7-8,15-16H,2-3,5-6,9-13H2,1H3,(H2,24,25,27). The molecule has 1 saturated carbocycles. The highest BCUT2D eigenvalue weighted by atomic mass is 19.4. The van der Waals surface area contributed by atoms with Gasteiger partial charge in [-0.15, -0.1) is 0 Å². The summed E-state index contributed by atoms with van der Waals surface area (Å²) in [5.41, 5.74) is 0.915. The van der Waals surface area contributed by atoms with Crippen molar-refractivity contribution in [2.24, 2.45) is 0 Å². The Morgan fingerprint density at radius 1 is 1.18 bits per heavy atom. The number of hydrogen-bond donors (Lipinski definition) is 2. The zero-order valence-corrected chi connectivity index (χ0v) is 16.1. The number of anilines is 1. The summed E-state index contributed by atoms with van der Waals surface area (Å²) in [5.74, 6) is 0.111. The van der Waals surface area contributed by atoms with Gasteiger partial charge in [-0.05, 0) is 44.7 Å². The second-order valence-corrected chi connectivity index (χ2v) is 7.68. The summed E-state index contributed by atoms with van der Waals surface area (Å²) in [6, 6.07) is 5.16. The minimum atomic E-state index is -4.40. The van der Waals surface area contributed by atoms with Crippen molar-refractivity contribution in [2.75, 3.05) is 25.0 Å². The topological polar surface area (TPSA) is 53.6 Å². The Kier molecular flexibility index (Phi) is 6.69. The molecule has 28 heavy (non-hydrogen) atoms. The number of hydrogen-bond acceptors (Lipinski definition) is 3. The van der Waals surface area contributed by atoms with E-state index in [0.717, 1.165) is 25.9 Å². The molecule has 1 aromatic rings. The smallest absolute Gasteiger partial charge is 0.422 e. The van der Waals surface area contributed by atoms with E-state index in [9.17, 15) is 18.0 Å². The summed E-state index contributed by atoms with van der Waals surface area (Å²) in [6.45, 7) is 2.26. The predicted octanol–water partition coefficient (Wildman–Crippen LogP) is 4.46. The minimum Gasteiger partial charge on any atom is -0.484 e. The van der Waals surface area contributed by atoms with Gasteiger partial charge in [-0.25, -0.2) is 4.79 Å². The lowest BCUT2D eigenvalue weighted by Gasteiger charge is -2.36. The van der Waals surface area contributed by atoms with Gasteiger partial charge in [0.1, 0.15) is 5.75 Å². The Hall–Kier alpha value is -1.96. The van der Waals surface area contributed by atoms with Crippen LogP contribution < -0.4 is 15.4 Å². The second kappa shape index (κ2) is 9.03. The molecular formula is C20H28F3N3O2. The van der Waals surface area contributed by atoms with Gasteiger partial charge in [0.05, 0.1) is 0 Å². The molecule has 0 unspecified atom stereocenters. The monoisotopic (exact) mass is 399 g/mol. The first kappa shape index (κ1) is 20.8. The summed E-state index contributed by atoms with van der Waals surface area (Å²) < 4.78 is 41.9. The number of urea groups is 1. The van der Waals surface area contributed by atoms with Gasteiger partial charge in [0.25, 0.3) is 0 Å². The van der Waals surface area contributed by atoms with Gasteiger partial charge in [-0.1, -0.05) is 18.9 Å². The van der Waals surface area contributed by atoms with E-state index >= 15 is 0 Å². The molecule has 1 saturated heterocycles. The van der Waals surface area contributed by atoms with Crippen LogP contribution in [0.2, 0.25) is 0 Å². The van der Waals surface area contributed by atoms with Crippen molar-refractivity contribution < 1.29 is 22.7 Å². The summed E-state index contributed by atoms with van der Waals surface area (Å²) >= 11 is 0. The van der Waals surface area contributed by atoms with Crippen molar-refractivity contribution in [3.63, 3.8) is 0 Å². The molecule has 0 radical (unpaired) electrons. The maximum atomic E-state index is 12.4. The lowest BCUT2D eigenvalue weighted by atomic mass is 10.0. The second-order valence-electron chi connectivity index (χ2n) is 7.68. The lowest BCUT2D eigenvalue weighted by molar-refractivity contribution is -0.153. The molecule has 1 aliphatic carbocycles. The van der Waals surface area contributed by atoms with E-state index < -0.39 is 12.8 Å². The van der Waals surface area contributed by atoms with Crippen LogP contribution in [0.5, 0.6) is 5.75 Å². The Bertz CT molecular complexity index is 667. The number of carbonyl (C=O) groups is 1. The first-order valence-corrected chi connectivity index (χ1v) is 9.92. The molecule has 0 atom stereocenters. The van der Waals surface area contributed by atoms with Crippen molar-refractivity contribution in [1.29, 1.82) is 0 Å². The van der Waals surface area contributed by atoms with Gasteiger partial charge in [-0.2, -0.15) is 13.2 Å². The van der Waals surface area contributed by atoms with Crippen LogP contribution in [0, 0.1) is 6.92 Å². The fourth-order valence-electron chi connectivity index (χ4n) is 4.09. The fourth-order valence-corrected chi connectivity index (χ4v) is 4.09. The molecule has 2 aliphatic rings. The molecule has 5 nitrogen and oxygen atoms in total. The Balaban J connectivity index is 1.48. The van der Waals surface area contributed by atoms with Gasteiger partial charge in [0.2, 0.25) is 0 Å². The molecule has 156 valence electrons. The quantitative estimate of drug-likeness (QED) is 0.768. The summed E-state index contributed by atoms with van der Waals surface area (Å²) in [6.07, 6.45) is 2.62. The van der Waals surface area contributed by atoms with E-state index in [0.29, 0.717) is 17.3 Å². The van der Waals surface area contributed by atoms with E-state index in [-0.39, 0.29) is 17.8 Å². The molecule has 0 aromatic heterocycles. The lowest BCUT2D eigenvalue weighted by Crippen LogP contribution is -2.48. The average molecular weight is 399 g/mol. The van der Waals surface area contributed by atoms with Gasteiger partial charge in [-0.3, -0.25) is 0 Å². The number of halogens is 3. The van der Waals surface area contributed by atoms with Gasteiger partial charge in [0.15, 0.2) is 6.61 Å². The van der Waals surface area contributed by atoms with E-state index in [1.807, 2.05) is 0 Å². The van der Waals surface area contributed by atoms with Crippen LogP contribution >= 0.6 is 0 Å². The summed E-state index contributed by atoms with van der Waals surface area (Å²) in [4.78, 5) is 14.9. The number of alkyl halides is 3. The maximum absolute atomic E-state index is 12.4. The number of ether oxygens (including phenoxy) is 1. The number of amides is 2. The molecule has 2 fully saturated rings. The molecule has 1 aliphatic heterocycles. The summed E-state index contributed by atoms with van der Waals surface area (Å²) in [7, 11) is 0. The number of rotatable bonds is 5. The molecule has 3 rings (SSSR count). The first-order valence-electron chi connectivity index (χ1n) is 9.92. The number of piperidine rings is 1. The van der Waals surface area contributed by atoms with Crippen LogP contribution in [0.3, 0.4) is 0 Å². The Morgan fingerprint density at radius 3 is 2.50 bits per heavy atom. The molecule has 1 aromatic carbocycles. The number of nitrogens with zero attached hydrogens (tertiary/aromatic N) is 1. The molecule has 2 amide bonds. The van der Waals surface area contributed by atoms with E-state index in [4.69, 9.17) is 4.74 Å². The third-order valence-corrected chi connectivity index (χ3v) is 5.63. The molecule has 2 N–H and O–H groups in total. The third kappa shape index (κ3) is 5.77. The van der Waals surface area contributed by atoms with Crippen molar-refractivity contribution >= 4 is 11.7 Å². The van der Waals surface area contributed by atoms with Crippen LogP contribution in [-0.2, 0) is 0 Å². The van der Waals surface area contributed by atoms with Gasteiger partial charge < -0.3 is 20.3 Å². The largest absolute Gasteiger partial charge is 0.484 e. The van der Waals surface area contributed by atoms with E-state index in [2.05, 4.69) is 15.5 Å². The van der Waals surface area contributed by atoms with Crippen LogP contribution in [0.15, 0.2) is 18.2 Å². The molecule has 8 heteroatoms. The highest BCUT2D eigenvalue weighted by molar-refractivity contribution is 5.90. The Morgan fingerprint density at radius 2 is 1.86 bits per heavy atom. The van der Waals surface area contributed by atoms with Crippen molar-refractivity contribution in [2.45, 2.75) is 63.7 Å². The fraction of sp³-hybridized carbons (Fsp3) is 0.650. The number of benzene rings is 1. The average Bonchev–Trinajstić information content (AvgIpc) is 3.17. The van der Waals surface area contributed by atoms with Gasteiger partial charge in [0, 0.05) is 36.4 Å². The zero-order valence-electron chi connectivity index (χ0n) is 16.1. The summed E-state index contributed by atoms with van der Waals surface area (Å²) in [5, 5.41) is 5.72. The number of carbonyl (C=O) groups excluding carboxylic acids is 1. The normalized spacial score (nSPS) is 19.6. The minimum absolute atomic E-state index is 0.111. The van der Waals surface area contributed by atoms with Crippen LogP contribution in [0.1, 0.15) is 44.1 Å². The predicted molar refractivity (Wildman–Crippen MR) is 102 cm³/mol. The van der Waals surface area contributed by atoms with E-state index in [1.54, 1.807) is 19.1 Å². The van der Waals surface area contributed by atoms with Gasteiger partial charge >= 0.3 is 12.2 Å². The van der Waals surface area contributed by atoms with Crippen LogP contribution in [0.25, 0.3) is 0 Å². The highest BCUT2D eigenvalue weighted by Gasteiger charge is 2.29.